The van der Waals surface area contributed by atoms with Crippen molar-refractivity contribution in [3.8, 4) is 0 Å². The molecule has 2 heterocycles. The molecule has 5 heteroatoms. The van der Waals surface area contributed by atoms with E-state index in [0.717, 1.165) is 49.6 Å². The molecule has 0 amide bonds. The molecule has 3 N–H and O–H groups in total. The van der Waals surface area contributed by atoms with Crippen LogP contribution in [0.3, 0.4) is 0 Å². The molecule has 0 saturated carbocycles. The first-order chi connectivity index (χ1) is 9.51. The molecule has 1 aromatic heterocycles. The van der Waals surface area contributed by atoms with Gasteiger partial charge in [0.2, 0.25) is 0 Å². The average molecular weight is 275 g/mol. The first-order valence-corrected chi connectivity index (χ1v) is 7.29. The van der Waals surface area contributed by atoms with Crippen LogP contribution in [0.1, 0.15) is 31.0 Å². The molecule has 110 valence electrons. The largest absolute Gasteiger partial charge is 0.384 e. The van der Waals surface area contributed by atoms with Crippen LogP contribution in [0.2, 0.25) is 0 Å². The summed E-state index contributed by atoms with van der Waals surface area (Å²) in [6, 6.07) is 4.30. The van der Waals surface area contributed by atoms with Gasteiger partial charge in [0.15, 0.2) is 0 Å². The fraction of sp³-hybridized carbons (Fsp3) is 0.600. The molecular weight excluding hydrogens is 250 g/mol. The molecule has 1 aliphatic heterocycles. The van der Waals surface area contributed by atoms with E-state index in [4.69, 9.17) is 11.1 Å². The van der Waals surface area contributed by atoms with E-state index in [1.54, 1.807) is 0 Å². The van der Waals surface area contributed by atoms with Crippen molar-refractivity contribution >= 4 is 11.7 Å². The maximum Gasteiger partial charge on any atom is 0.129 e. The Bertz CT molecular complexity index is 477. The van der Waals surface area contributed by atoms with E-state index in [1.807, 2.05) is 19.1 Å². The van der Waals surface area contributed by atoms with Gasteiger partial charge in [0.05, 0.1) is 0 Å². The lowest BCUT2D eigenvalue weighted by Gasteiger charge is -2.37. The van der Waals surface area contributed by atoms with Gasteiger partial charge in [-0.1, -0.05) is 6.92 Å². The predicted octanol–water partition coefficient (Wildman–Crippen LogP) is 1.59. The Morgan fingerprint density at radius 3 is 2.65 bits per heavy atom. The van der Waals surface area contributed by atoms with Crippen LogP contribution >= 0.6 is 0 Å². The van der Waals surface area contributed by atoms with Gasteiger partial charge in [-0.2, -0.15) is 0 Å². The normalized spacial score (nSPS) is 17.1. The Balaban J connectivity index is 2.13. The zero-order valence-electron chi connectivity index (χ0n) is 12.7. The van der Waals surface area contributed by atoms with Crippen LogP contribution in [0.5, 0.6) is 0 Å². The monoisotopic (exact) mass is 275 g/mol. The summed E-state index contributed by atoms with van der Waals surface area (Å²) in [6.45, 7) is 7.59. The van der Waals surface area contributed by atoms with E-state index in [2.05, 4.69) is 28.8 Å². The number of hydrogen-bond donors (Lipinski definition) is 2. The van der Waals surface area contributed by atoms with Gasteiger partial charge < -0.3 is 15.5 Å². The third kappa shape index (κ3) is 3.28. The molecule has 0 aliphatic carbocycles. The first kappa shape index (κ1) is 14.8. The number of rotatable bonds is 4. The van der Waals surface area contributed by atoms with Gasteiger partial charge in [-0.05, 0) is 38.4 Å². The summed E-state index contributed by atoms with van der Waals surface area (Å²) in [6.07, 6.45) is 2.32. The Morgan fingerprint density at radius 1 is 1.45 bits per heavy atom. The van der Waals surface area contributed by atoms with Gasteiger partial charge in [0, 0.05) is 37.4 Å². The van der Waals surface area contributed by atoms with Crippen molar-refractivity contribution in [2.75, 3.05) is 31.6 Å². The second-order valence-corrected chi connectivity index (χ2v) is 5.55. The SMILES string of the molecule is CCN1CCC(N(C)c2cc(C(=N)N)cc(C)n2)CC1. The molecule has 0 aromatic carbocycles. The number of nitrogen functional groups attached to an aromatic ring is 1. The van der Waals surface area contributed by atoms with Gasteiger partial charge in [0.25, 0.3) is 0 Å². The van der Waals surface area contributed by atoms with Crippen molar-refractivity contribution in [3.63, 3.8) is 0 Å². The minimum atomic E-state index is 0.103. The highest BCUT2D eigenvalue weighted by atomic mass is 15.2. The molecule has 0 radical (unpaired) electrons. The first-order valence-electron chi connectivity index (χ1n) is 7.29. The molecule has 0 bridgehead atoms. The van der Waals surface area contributed by atoms with Crippen LogP contribution < -0.4 is 10.6 Å². The maximum atomic E-state index is 7.59. The van der Waals surface area contributed by atoms with Gasteiger partial charge in [-0.15, -0.1) is 0 Å². The summed E-state index contributed by atoms with van der Waals surface area (Å²) < 4.78 is 0. The fourth-order valence-electron chi connectivity index (χ4n) is 2.80. The number of nitrogens with two attached hydrogens (primary N) is 1. The van der Waals surface area contributed by atoms with E-state index in [-0.39, 0.29) is 5.84 Å². The molecular formula is C15H25N5. The second-order valence-electron chi connectivity index (χ2n) is 5.55. The standard InChI is InChI=1S/C15H25N5/c1-4-20-7-5-13(6-8-20)19(3)14-10-12(15(16)17)9-11(2)18-14/h9-10,13H,4-8H2,1-3H3,(H3,16,17). The summed E-state index contributed by atoms with van der Waals surface area (Å²) in [5.41, 5.74) is 7.26. The number of nitrogens with zero attached hydrogens (tertiary/aromatic N) is 3. The van der Waals surface area contributed by atoms with Crippen molar-refractivity contribution in [1.82, 2.24) is 9.88 Å². The van der Waals surface area contributed by atoms with Crippen molar-refractivity contribution in [2.45, 2.75) is 32.7 Å². The van der Waals surface area contributed by atoms with Gasteiger partial charge in [-0.25, -0.2) is 4.98 Å². The Labute approximate surface area is 121 Å². The zero-order valence-corrected chi connectivity index (χ0v) is 12.7. The number of aromatic nitrogens is 1. The zero-order chi connectivity index (χ0) is 14.7. The minimum absolute atomic E-state index is 0.103. The molecule has 1 saturated heterocycles. The van der Waals surface area contributed by atoms with Gasteiger partial charge >= 0.3 is 0 Å². The predicted molar refractivity (Wildman–Crippen MR) is 83.5 cm³/mol. The number of pyridine rings is 1. The molecule has 0 unspecified atom stereocenters. The number of amidine groups is 1. The molecule has 2 rings (SSSR count). The van der Waals surface area contributed by atoms with E-state index in [1.165, 1.54) is 0 Å². The lowest BCUT2D eigenvalue weighted by molar-refractivity contribution is 0.220. The average Bonchev–Trinajstić information content (AvgIpc) is 2.46. The highest BCUT2D eigenvalue weighted by Crippen LogP contribution is 2.22. The summed E-state index contributed by atoms with van der Waals surface area (Å²) in [7, 11) is 2.10. The quantitative estimate of drug-likeness (QED) is 0.647. The number of piperidine rings is 1. The van der Waals surface area contributed by atoms with Crippen LogP contribution in [0.4, 0.5) is 5.82 Å². The number of nitrogens with one attached hydrogen (secondary N) is 1. The number of aryl methyl sites for hydroxylation is 1. The van der Waals surface area contributed by atoms with E-state index < -0.39 is 0 Å². The van der Waals surface area contributed by atoms with Crippen LogP contribution in [-0.2, 0) is 0 Å². The third-order valence-corrected chi connectivity index (χ3v) is 4.16. The Kier molecular flexibility index (Phi) is 4.60. The smallest absolute Gasteiger partial charge is 0.129 e. The number of anilines is 1. The van der Waals surface area contributed by atoms with Gasteiger partial charge in [-0.3, -0.25) is 5.41 Å². The number of likely N-dealkylation sites (tertiary alicyclic amines) is 1. The molecule has 1 aliphatic rings. The fourth-order valence-corrected chi connectivity index (χ4v) is 2.80. The van der Waals surface area contributed by atoms with Crippen molar-refractivity contribution in [1.29, 1.82) is 5.41 Å². The Hall–Kier alpha value is -1.62. The minimum Gasteiger partial charge on any atom is -0.384 e. The van der Waals surface area contributed by atoms with Crippen LogP contribution in [-0.4, -0.2) is 48.4 Å². The highest BCUT2D eigenvalue weighted by Gasteiger charge is 2.22. The highest BCUT2D eigenvalue weighted by molar-refractivity contribution is 5.95. The van der Waals surface area contributed by atoms with E-state index in [0.29, 0.717) is 6.04 Å². The summed E-state index contributed by atoms with van der Waals surface area (Å²) in [4.78, 5) is 9.31. The summed E-state index contributed by atoms with van der Waals surface area (Å²) in [5.74, 6) is 1.02. The molecule has 20 heavy (non-hydrogen) atoms. The topological polar surface area (TPSA) is 69.2 Å². The molecule has 1 aromatic rings. The van der Waals surface area contributed by atoms with Crippen molar-refractivity contribution in [3.05, 3.63) is 23.4 Å². The molecule has 0 atom stereocenters. The lowest BCUT2D eigenvalue weighted by atomic mass is 10.0. The van der Waals surface area contributed by atoms with E-state index in [9.17, 15) is 0 Å². The van der Waals surface area contributed by atoms with Crippen molar-refractivity contribution < 1.29 is 0 Å². The third-order valence-electron chi connectivity index (χ3n) is 4.16. The van der Waals surface area contributed by atoms with Crippen molar-refractivity contribution in [2.24, 2.45) is 5.73 Å². The van der Waals surface area contributed by atoms with E-state index >= 15 is 0 Å². The molecule has 1 fully saturated rings. The molecule has 5 nitrogen and oxygen atoms in total. The van der Waals surface area contributed by atoms with Gasteiger partial charge in [0.1, 0.15) is 11.7 Å². The van der Waals surface area contributed by atoms with Crippen LogP contribution in [0.15, 0.2) is 12.1 Å². The molecule has 0 spiro atoms. The maximum absolute atomic E-state index is 7.59. The van der Waals surface area contributed by atoms with Crippen LogP contribution in [0, 0.1) is 12.3 Å². The van der Waals surface area contributed by atoms with Crippen LogP contribution in [0.25, 0.3) is 0 Å². The second kappa shape index (κ2) is 6.22. The summed E-state index contributed by atoms with van der Waals surface area (Å²) in [5, 5.41) is 7.59. The Morgan fingerprint density at radius 2 is 2.10 bits per heavy atom. The lowest BCUT2D eigenvalue weighted by Crippen LogP contribution is -2.43. The summed E-state index contributed by atoms with van der Waals surface area (Å²) >= 11 is 0. The number of hydrogen-bond acceptors (Lipinski definition) is 4.